The highest BCUT2D eigenvalue weighted by Crippen LogP contribution is 2.35. The lowest BCUT2D eigenvalue weighted by Gasteiger charge is -2.30. The molecule has 0 spiro atoms. The maximum atomic E-state index is 14.6. The van der Waals surface area contributed by atoms with E-state index in [1.54, 1.807) is 24.3 Å². The number of carboxylic acids is 1. The van der Waals surface area contributed by atoms with Gasteiger partial charge in [0, 0.05) is 0 Å². The average Bonchev–Trinajstić information content (AvgIpc) is 2.29. The minimum atomic E-state index is -1.31. The van der Waals surface area contributed by atoms with Crippen LogP contribution in [0.2, 0.25) is 0 Å². The van der Waals surface area contributed by atoms with Crippen molar-refractivity contribution in [3.63, 3.8) is 0 Å². The molecule has 0 saturated carbocycles. The van der Waals surface area contributed by atoms with Gasteiger partial charge in [0.15, 0.2) is 0 Å². The lowest BCUT2D eigenvalue weighted by atomic mass is 9.86. The Labute approximate surface area is 99.7 Å². The van der Waals surface area contributed by atoms with Gasteiger partial charge in [-0.3, -0.25) is 4.79 Å². The Kier molecular flexibility index (Phi) is 3.43. The molecule has 0 aromatic heterocycles. The van der Waals surface area contributed by atoms with Gasteiger partial charge in [-0.05, 0) is 37.1 Å². The van der Waals surface area contributed by atoms with Crippen LogP contribution >= 0.6 is 0 Å². The SMILES string of the molecule is O=C(O)Cc1cccc(C2(F)CCNCC2)c1. The van der Waals surface area contributed by atoms with Crippen molar-refractivity contribution >= 4 is 5.97 Å². The summed E-state index contributed by atoms with van der Waals surface area (Å²) in [5.74, 6) is -0.889. The Hall–Kier alpha value is -1.42. The molecule has 0 radical (unpaired) electrons. The monoisotopic (exact) mass is 237 g/mol. The van der Waals surface area contributed by atoms with Crippen molar-refractivity contribution in [2.45, 2.75) is 24.9 Å². The van der Waals surface area contributed by atoms with Crippen LogP contribution in [-0.2, 0) is 16.9 Å². The van der Waals surface area contributed by atoms with E-state index in [-0.39, 0.29) is 6.42 Å². The zero-order chi connectivity index (χ0) is 12.3. The highest BCUT2D eigenvalue weighted by Gasteiger charge is 2.33. The minimum Gasteiger partial charge on any atom is -0.481 e. The van der Waals surface area contributed by atoms with Gasteiger partial charge in [-0.2, -0.15) is 0 Å². The number of rotatable bonds is 3. The van der Waals surface area contributed by atoms with Crippen molar-refractivity contribution < 1.29 is 14.3 Å². The summed E-state index contributed by atoms with van der Waals surface area (Å²) in [5, 5.41) is 11.9. The van der Waals surface area contributed by atoms with Crippen LogP contribution in [0, 0.1) is 0 Å². The number of benzene rings is 1. The molecule has 2 rings (SSSR count). The van der Waals surface area contributed by atoms with Crippen molar-refractivity contribution in [1.29, 1.82) is 0 Å². The topological polar surface area (TPSA) is 49.3 Å². The summed E-state index contributed by atoms with van der Waals surface area (Å²) in [6.45, 7) is 1.33. The number of halogens is 1. The lowest BCUT2D eigenvalue weighted by molar-refractivity contribution is -0.136. The number of piperidine rings is 1. The molecule has 17 heavy (non-hydrogen) atoms. The molecule has 1 fully saturated rings. The summed E-state index contributed by atoms with van der Waals surface area (Å²) in [6, 6.07) is 6.88. The van der Waals surface area contributed by atoms with Crippen molar-refractivity contribution in [3.8, 4) is 0 Å². The first-order valence-corrected chi connectivity index (χ1v) is 5.81. The van der Waals surface area contributed by atoms with E-state index in [0.717, 1.165) is 0 Å². The van der Waals surface area contributed by atoms with E-state index in [0.29, 0.717) is 37.1 Å². The summed E-state index contributed by atoms with van der Waals surface area (Å²) in [4.78, 5) is 10.6. The molecular formula is C13H16FNO2. The van der Waals surface area contributed by atoms with Gasteiger partial charge in [-0.15, -0.1) is 0 Å². The Balaban J connectivity index is 2.22. The molecule has 1 aliphatic heterocycles. The molecule has 0 bridgehead atoms. The van der Waals surface area contributed by atoms with E-state index >= 15 is 0 Å². The molecule has 1 aromatic rings. The number of carboxylic acid groups (broad SMARTS) is 1. The van der Waals surface area contributed by atoms with E-state index in [4.69, 9.17) is 5.11 Å². The molecule has 3 nitrogen and oxygen atoms in total. The van der Waals surface area contributed by atoms with Gasteiger partial charge >= 0.3 is 5.97 Å². The fraction of sp³-hybridized carbons (Fsp3) is 0.462. The highest BCUT2D eigenvalue weighted by atomic mass is 19.1. The third kappa shape index (κ3) is 2.82. The fourth-order valence-corrected chi connectivity index (χ4v) is 2.25. The molecule has 0 aliphatic carbocycles. The molecule has 0 atom stereocenters. The van der Waals surface area contributed by atoms with Gasteiger partial charge in [0.25, 0.3) is 0 Å². The van der Waals surface area contributed by atoms with Crippen LogP contribution in [0.1, 0.15) is 24.0 Å². The smallest absolute Gasteiger partial charge is 0.307 e. The normalized spacial score (nSPS) is 18.9. The predicted octanol–water partition coefficient (Wildman–Crippen LogP) is 1.86. The van der Waals surface area contributed by atoms with Crippen molar-refractivity contribution in [1.82, 2.24) is 5.32 Å². The third-order valence-corrected chi connectivity index (χ3v) is 3.20. The summed E-state index contributed by atoms with van der Waals surface area (Å²) >= 11 is 0. The van der Waals surface area contributed by atoms with Gasteiger partial charge in [0.1, 0.15) is 5.67 Å². The maximum absolute atomic E-state index is 14.6. The molecule has 0 amide bonds. The maximum Gasteiger partial charge on any atom is 0.307 e. The second-order valence-electron chi connectivity index (χ2n) is 4.49. The highest BCUT2D eigenvalue weighted by molar-refractivity contribution is 5.70. The van der Waals surface area contributed by atoms with E-state index in [9.17, 15) is 9.18 Å². The number of nitrogens with one attached hydrogen (secondary N) is 1. The second-order valence-corrected chi connectivity index (χ2v) is 4.49. The number of hydrogen-bond donors (Lipinski definition) is 2. The zero-order valence-corrected chi connectivity index (χ0v) is 9.58. The number of aliphatic carboxylic acids is 1. The summed E-state index contributed by atoms with van der Waals surface area (Å²) in [7, 11) is 0. The Bertz CT molecular complexity index is 414. The number of alkyl halides is 1. The molecule has 1 aliphatic rings. The second kappa shape index (κ2) is 4.84. The summed E-state index contributed by atoms with van der Waals surface area (Å²) in [5.41, 5.74) is -0.0388. The molecule has 92 valence electrons. The quantitative estimate of drug-likeness (QED) is 0.843. The molecule has 0 unspecified atom stereocenters. The first-order valence-electron chi connectivity index (χ1n) is 5.81. The van der Waals surface area contributed by atoms with E-state index in [1.807, 2.05) is 0 Å². The van der Waals surface area contributed by atoms with Crippen LogP contribution in [0.3, 0.4) is 0 Å². The van der Waals surface area contributed by atoms with Crippen molar-refractivity contribution in [2.75, 3.05) is 13.1 Å². The van der Waals surface area contributed by atoms with Gasteiger partial charge in [-0.25, -0.2) is 4.39 Å². The van der Waals surface area contributed by atoms with Crippen LogP contribution in [0.5, 0.6) is 0 Å². The van der Waals surface area contributed by atoms with Crippen LogP contribution in [0.4, 0.5) is 4.39 Å². The van der Waals surface area contributed by atoms with Gasteiger partial charge in [0.2, 0.25) is 0 Å². The third-order valence-electron chi connectivity index (χ3n) is 3.20. The number of hydrogen-bond acceptors (Lipinski definition) is 2. The Morgan fingerprint density at radius 1 is 1.41 bits per heavy atom. The predicted molar refractivity (Wildman–Crippen MR) is 62.7 cm³/mol. The van der Waals surface area contributed by atoms with Crippen LogP contribution in [0.25, 0.3) is 0 Å². The first-order chi connectivity index (χ1) is 8.10. The Morgan fingerprint density at radius 3 is 2.76 bits per heavy atom. The molecule has 4 heteroatoms. The van der Waals surface area contributed by atoms with E-state index in [1.165, 1.54) is 0 Å². The average molecular weight is 237 g/mol. The van der Waals surface area contributed by atoms with E-state index < -0.39 is 11.6 Å². The standard InChI is InChI=1S/C13H16FNO2/c14-13(4-6-15-7-5-13)11-3-1-2-10(8-11)9-12(16)17/h1-3,8,15H,4-7,9H2,(H,16,17). The van der Waals surface area contributed by atoms with Gasteiger partial charge in [-0.1, -0.05) is 24.3 Å². The molecular weight excluding hydrogens is 221 g/mol. The fourth-order valence-electron chi connectivity index (χ4n) is 2.25. The molecule has 1 saturated heterocycles. The molecule has 2 N–H and O–H groups in total. The van der Waals surface area contributed by atoms with Crippen molar-refractivity contribution in [2.24, 2.45) is 0 Å². The van der Waals surface area contributed by atoms with Gasteiger partial charge in [0.05, 0.1) is 6.42 Å². The van der Waals surface area contributed by atoms with Crippen LogP contribution in [0.15, 0.2) is 24.3 Å². The molecule has 1 aromatic carbocycles. The van der Waals surface area contributed by atoms with Crippen molar-refractivity contribution in [3.05, 3.63) is 35.4 Å². The number of carbonyl (C=O) groups is 1. The Morgan fingerprint density at radius 2 is 2.12 bits per heavy atom. The summed E-state index contributed by atoms with van der Waals surface area (Å²) < 4.78 is 14.6. The lowest BCUT2D eigenvalue weighted by Crippen LogP contribution is -2.36. The summed E-state index contributed by atoms with van der Waals surface area (Å²) in [6.07, 6.45) is 0.842. The largest absolute Gasteiger partial charge is 0.481 e. The first kappa shape index (κ1) is 12.0. The zero-order valence-electron chi connectivity index (χ0n) is 9.58. The van der Waals surface area contributed by atoms with Crippen LogP contribution < -0.4 is 5.32 Å². The van der Waals surface area contributed by atoms with Gasteiger partial charge < -0.3 is 10.4 Å². The molecule has 1 heterocycles. The van der Waals surface area contributed by atoms with Crippen LogP contribution in [-0.4, -0.2) is 24.2 Å². The van der Waals surface area contributed by atoms with E-state index in [2.05, 4.69) is 5.32 Å². The minimum absolute atomic E-state index is 0.0534.